The zero-order chi connectivity index (χ0) is 12.7. The summed E-state index contributed by atoms with van der Waals surface area (Å²) in [5, 5.41) is 2.82. The Labute approximate surface area is 103 Å². The Balaban J connectivity index is 2.28. The molecule has 0 fully saturated rings. The first-order chi connectivity index (χ1) is 8.11. The number of carbonyl (C=O) groups is 1. The number of amides is 1. The van der Waals surface area contributed by atoms with Crippen molar-refractivity contribution < 1.29 is 9.53 Å². The molecule has 0 radical (unpaired) electrons. The molecule has 3 nitrogen and oxygen atoms in total. The molecule has 1 N–H and O–H groups in total. The molecule has 0 saturated carbocycles. The average molecular weight is 235 g/mol. The van der Waals surface area contributed by atoms with E-state index in [0.717, 1.165) is 12.2 Å². The number of hydrogen-bond acceptors (Lipinski definition) is 2. The SMILES string of the molecule is CCCC(=O)NCCOc1cc(C)cc(C)c1. The number of carbonyl (C=O) groups excluding carboxylic acids is 1. The van der Waals surface area contributed by atoms with Gasteiger partial charge in [0.15, 0.2) is 0 Å². The zero-order valence-electron chi connectivity index (χ0n) is 10.9. The molecule has 1 amide bonds. The number of nitrogens with one attached hydrogen (secondary N) is 1. The molecule has 3 heteroatoms. The fourth-order valence-corrected chi connectivity index (χ4v) is 1.69. The maximum Gasteiger partial charge on any atom is 0.220 e. The summed E-state index contributed by atoms with van der Waals surface area (Å²) in [5.74, 6) is 0.962. The predicted octanol–water partition coefficient (Wildman–Crippen LogP) is 2.60. The number of ether oxygens (including phenoxy) is 1. The topological polar surface area (TPSA) is 38.3 Å². The van der Waals surface area contributed by atoms with Crippen LogP contribution in [0.15, 0.2) is 18.2 Å². The van der Waals surface area contributed by atoms with Crippen molar-refractivity contribution in [3.05, 3.63) is 29.3 Å². The summed E-state index contributed by atoms with van der Waals surface area (Å²) < 4.78 is 5.58. The molecule has 0 saturated heterocycles. The second-order valence-electron chi connectivity index (χ2n) is 4.27. The van der Waals surface area contributed by atoms with Crippen LogP contribution in [0, 0.1) is 13.8 Å². The third-order valence-electron chi connectivity index (χ3n) is 2.37. The van der Waals surface area contributed by atoms with Crippen molar-refractivity contribution in [1.29, 1.82) is 0 Å². The van der Waals surface area contributed by atoms with Crippen molar-refractivity contribution in [2.45, 2.75) is 33.6 Å². The number of hydrogen-bond donors (Lipinski definition) is 1. The van der Waals surface area contributed by atoms with E-state index in [4.69, 9.17) is 4.74 Å². The van der Waals surface area contributed by atoms with Crippen molar-refractivity contribution >= 4 is 5.91 Å². The molecular weight excluding hydrogens is 214 g/mol. The van der Waals surface area contributed by atoms with E-state index in [1.54, 1.807) is 0 Å². The Morgan fingerprint density at radius 1 is 1.24 bits per heavy atom. The molecule has 1 aromatic carbocycles. The summed E-state index contributed by atoms with van der Waals surface area (Å²) in [5.41, 5.74) is 2.38. The minimum atomic E-state index is 0.0940. The van der Waals surface area contributed by atoms with Crippen LogP contribution in [0.4, 0.5) is 0 Å². The Hall–Kier alpha value is -1.51. The molecule has 0 aliphatic carbocycles. The van der Waals surface area contributed by atoms with Crippen molar-refractivity contribution in [1.82, 2.24) is 5.32 Å². The molecule has 0 spiro atoms. The van der Waals surface area contributed by atoms with E-state index in [-0.39, 0.29) is 5.91 Å². The summed E-state index contributed by atoms with van der Waals surface area (Å²) in [6.07, 6.45) is 1.47. The van der Waals surface area contributed by atoms with Gasteiger partial charge in [0.2, 0.25) is 5.91 Å². The first kappa shape index (κ1) is 13.6. The fourth-order valence-electron chi connectivity index (χ4n) is 1.69. The Kier molecular flexibility index (Phi) is 5.53. The quantitative estimate of drug-likeness (QED) is 0.770. The van der Waals surface area contributed by atoms with Crippen molar-refractivity contribution in [2.75, 3.05) is 13.2 Å². The molecule has 0 aromatic heterocycles. The Morgan fingerprint density at radius 3 is 2.47 bits per heavy atom. The van der Waals surface area contributed by atoms with Gasteiger partial charge < -0.3 is 10.1 Å². The first-order valence-corrected chi connectivity index (χ1v) is 6.09. The normalized spacial score (nSPS) is 10.1. The lowest BCUT2D eigenvalue weighted by Gasteiger charge is -2.09. The van der Waals surface area contributed by atoms with Crippen LogP contribution >= 0.6 is 0 Å². The van der Waals surface area contributed by atoms with Crippen molar-refractivity contribution in [3.63, 3.8) is 0 Å². The molecule has 1 aromatic rings. The second-order valence-corrected chi connectivity index (χ2v) is 4.27. The van der Waals surface area contributed by atoms with Crippen molar-refractivity contribution in [2.24, 2.45) is 0 Å². The molecule has 0 aliphatic heterocycles. The summed E-state index contributed by atoms with van der Waals surface area (Å²) in [6, 6.07) is 6.11. The lowest BCUT2D eigenvalue weighted by Crippen LogP contribution is -2.27. The highest BCUT2D eigenvalue weighted by Crippen LogP contribution is 2.15. The molecule has 0 bridgehead atoms. The smallest absolute Gasteiger partial charge is 0.220 e. The first-order valence-electron chi connectivity index (χ1n) is 6.09. The van der Waals surface area contributed by atoms with Gasteiger partial charge in [0.25, 0.3) is 0 Å². The predicted molar refractivity (Wildman–Crippen MR) is 69.3 cm³/mol. The third-order valence-corrected chi connectivity index (χ3v) is 2.37. The van der Waals surface area contributed by atoms with Gasteiger partial charge in [0.05, 0.1) is 6.54 Å². The molecule has 1 rings (SSSR count). The van der Waals surface area contributed by atoms with Crippen LogP contribution in [0.25, 0.3) is 0 Å². The largest absolute Gasteiger partial charge is 0.492 e. The van der Waals surface area contributed by atoms with Crippen LogP contribution in [0.1, 0.15) is 30.9 Å². The highest BCUT2D eigenvalue weighted by molar-refractivity contribution is 5.75. The molecule has 94 valence electrons. The lowest BCUT2D eigenvalue weighted by molar-refractivity contribution is -0.121. The molecule has 17 heavy (non-hydrogen) atoms. The molecule has 0 heterocycles. The Bertz CT molecular complexity index is 354. The van der Waals surface area contributed by atoms with Gasteiger partial charge in [-0.25, -0.2) is 0 Å². The van der Waals surface area contributed by atoms with E-state index in [2.05, 4.69) is 11.4 Å². The van der Waals surface area contributed by atoms with Gasteiger partial charge in [-0.1, -0.05) is 13.0 Å². The van der Waals surface area contributed by atoms with Crippen LogP contribution in [-0.2, 0) is 4.79 Å². The molecule has 0 unspecified atom stereocenters. The fraction of sp³-hybridized carbons (Fsp3) is 0.500. The van der Waals surface area contributed by atoms with Gasteiger partial charge in [0, 0.05) is 6.42 Å². The van der Waals surface area contributed by atoms with Crippen LogP contribution in [0.2, 0.25) is 0 Å². The van der Waals surface area contributed by atoms with E-state index in [1.807, 2.05) is 32.9 Å². The van der Waals surface area contributed by atoms with Gasteiger partial charge >= 0.3 is 0 Å². The summed E-state index contributed by atoms with van der Waals surface area (Å²) in [7, 11) is 0. The zero-order valence-corrected chi connectivity index (χ0v) is 10.9. The van der Waals surface area contributed by atoms with E-state index in [9.17, 15) is 4.79 Å². The second kappa shape index (κ2) is 6.94. The van der Waals surface area contributed by atoms with Crippen LogP contribution in [-0.4, -0.2) is 19.1 Å². The minimum Gasteiger partial charge on any atom is -0.492 e. The maximum absolute atomic E-state index is 11.2. The highest BCUT2D eigenvalue weighted by Gasteiger charge is 1.99. The lowest BCUT2D eigenvalue weighted by atomic mass is 10.1. The van der Waals surface area contributed by atoms with E-state index in [1.165, 1.54) is 11.1 Å². The molecular formula is C14H21NO2. The van der Waals surface area contributed by atoms with E-state index < -0.39 is 0 Å². The van der Waals surface area contributed by atoms with Crippen LogP contribution < -0.4 is 10.1 Å². The summed E-state index contributed by atoms with van der Waals surface area (Å²) >= 11 is 0. The number of aryl methyl sites for hydroxylation is 2. The summed E-state index contributed by atoms with van der Waals surface area (Å²) in [6.45, 7) is 7.15. The van der Waals surface area contributed by atoms with Gasteiger partial charge in [-0.2, -0.15) is 0 Å². The summed E-state index contributed by atoms with van der Waals surface area (Å²) in [4.78, 5) is 11.2. The monoisotopic (exact) mass is 235 g/mol. The van der Waals surface area contributed by atoms with Crippen molar-refractivity contribution in [3.8, 4) is 5.75 Å². The minimum absolute atomic E-state index is 0.0940. The standard InChI is InChI=1S/C14H21NO2/c1-4-5-14(16)15-6-7-17-13-9-11(2)8-12(3)10-13/h8-10H,4-7H2,1-3H3,(H,15,16). The number of benzene rings is 1. The van der Waals surface area contributed by atoms with Gasteiger partial charge in [-0.15, -0.1) is 0 Å². The van der Waals surface area contributed by atoms with Gasteiger partial charge in [-0.3, -0.25) is 4.79 Å². The molecule has 0 aliphatic rings. The van der Waals surface area contributed by atoms with E-state index in [0.29, 0.717) is 19.6 Å². The number of rotatable bonds is 6. The maximum atomic E-state index is 11.2. The average Bonchev–Trinajstić information content (AvgIpc) is 2.23. The van der Waals surface area contributed by atoms with E-state index >= 15 is 0 Å². The van der Waals surface area contributed by atoms with Gasteiger partial charge in [-0.05, 0) is 43.5 Å². The van der Waals surface area contributed by atoms with Crippen LogP contribution in [0.5, 0.6) is 5.75 Å². The highest BCUT2D eigenvalue weighted by atomic mass is 16.5. The molecule has 0 atom stereocenters. The third kappa shape index (κ3) is 5.38. The van der Waals surface area contributed by atoms with Gasteiger partial charge in [0.1, 0.15) is 12.4 Å². The Morgan fingerprint density at radius 2 is 1.88 bits per heavy atom. The van der Waals surface area contributed by atoms with Crippen LogP contribution in [0.3, 0.4) is 0 Å².